The third-order valence-electron chi connectivity index (χ3n) is 2.40. The lowest BCUT2D eigenvalue weighted by Gasteiger charge is -2.15. The van der Waals surface area contributed by atoms with Crippen LogP contribution in [0.1, 0.15) is 5.56 Å². The van der Waals surface area contributed by atoms with E-state index in [0.29, 0.717) is 12.5 Å². The third-order valence-corrected chi connectivity index (χ3v) is 2.93. The molecular formula is C10H8BrN5. The molecule has 1 aliphatic rings. The average Bonchev–Trinajstić information content (AvgIpc) is 2.77. The molecule has 1 N–H and O–H groups in total. The number of hydrogen-bond acceptors (Lipinski definition) is 4. The highest BCUT2D eigenvalue weighted by Gasteiger charge is 2.13. The van der Waals surface area contributed by atoms with Crippen LogP contribution in [0.15, 0.2) is 34.8 Å². The second-order valence-electron chi connectivity index (χ2n) is 3.43. The van der Waals surface area contributed by atoms with Crippen LogP contribution >= 0.6 is 15.9 Å². The van der Waals surface area contributed by atoms with Crippen LogP contribution in [-0.4, -0.2) is 20.2 Å². The first-order chi connectivity index (χ1) is 7.83. The molecular weight excluding hydrogens is 270 g/mol. The van der Waals surface area contributed by atoms with Crippen molar-refractivity contribution in [2.24, 2.45) is 0 Å². The Kier molecular flexibility index (Phi) is 2.21. The van der Waals surface area contributed by atoms with Crippen molar-refractivity contribution in [3.63, 3.8) is 0 Å². The van der Waals surface area contributed by atoms with Crippen LogP contribution in [0.3, 0.4) is 0 Å². The Morgan fingerprint density at radius 3 is 2.88 bits per heavy atom. The number of tetrazole rings is 1. The fourth-order valence-corrected chi connectivity index (χ4v) is 1.85. The van der Waals surface area contributed by atoms with E-state index in [1.165, 1.54) is 0 Å². The minimum atomic E-state index is 0.681. The van der Waals surface area contributed by atoms with Gasteiger partial charge in [0.15, 0.2) is 0 Å². The maximum atomic E-state index is 3.89. The average molecular weight is 278 g/mol. The van der Waals surface area contributed by atoms with Crippen molar-refractivity contribution < 1.29 is 0 Å². The van der Waals surface area contributed by atoms with E-state index in [1.807, 2.05) is 24.3 Å². The first-order valence-corrected chi connectivity index (χ1v) is 5.61. The molecule has 16 heavy (non-hydrogen) atoms. The largest absolute Gasteiger partial charge is 0.323 e. The molecule has 0 aliphatic carbocycles. The van der Waals surface area contributed by atoms with E-state index in [2.05, 4.69) is 42.8 Å². The van der Waals surface area contributed by atoms with E-state index in [4.69, 9.17) is 0 Å². The molecule has 0 saturated carbocycles. The molecule has 0 saturated heterocycles. The predicted octanol–water partition coefficient (Wildman–Crippen LogP) is 1.90. The molecule has 0 spiro atoms. The highest BCUT2D eigenvalue weighted by molar-refractivity contribution is 9.10. The number of allylic oxidation sites excluding steroid dienone is 1. The van der Waals surface area contributed by atoms with Gasteiger partial charge in [-0.15, -0.1) is 0 Å². The first kappa shape index (κ1) is 9.53. The maximum absolute atomic E-state index is 3.89. The highest BCUT2D eigenvalue weighted by Crippen LogP contribution is 2.22. The quantitative estimate of drug-likeness (QED) is 0.865. The van der Waals surface area contributed by atoms with Gasteiger partial charge in [0.05, 0.1) is 6.54 Å². The van der Waals surface area contributed by atoms with Crippen LogP contribution in [0.4, 0.5) is 5.95 Å². The Bertz CT molecular complexity index is 543. The molecule has 80 valence electrons. The Morgan fingerprint density at radius 2 is 2.06 bits per heavy atom. The summed E-state index contributed by atoms with van der Waals surface area (Å²) < 4.78 is 2.78. The molecule has 0 unspecified atom stereocenters. The standard InChI is InChI=1S/C10H8BrN5/c11-8-3-1-7(2-4-8)9-5-6-16-10(12-9)13-14-15-16/h1-5H,6H2,(H,12,13,15). The lowest BCUT2D eigenvalue weighted by Crippen LogP contribution is -2.13. The number of halogens is 1. The van der Waals surface area contributed by atoms with Gasteiger partial charge in [-0.3, -0.25) is 0 Å². The molecule has 6 heteroatoms. The van der Waals surface area contributed by atoms with Crippen LogP contribution in [0, 0.1) is 0 Å². The van der Waals surface area contributed by atoms with Gasteiger partial charge in [-0.1, -0.05) is 33.2 Å². The van der Waals surface area contributed by atoms with E-state index in [9.17, 15) is 0 Å². The second-order valence-corrected chi connectivity index (χ2v) is 4.35. The maximum Gasteiger partial charge on any atom is 0.247 e. The summed E-state index contributed by atoms with van der Waals surface area (Å²) in [5.74, 6) is 0.681. The minimum Gasteiger partial charge on any atom is -0.323 e. The number of rotatable bonds is 1. The van der Waals surface area contributed by atoms with Crippen LogP contribution in [-0.2, 0) is 6.54 Å². The summed E-state index contributed by atoms with van der Waals surface area (Å²) in [7, 11) is 0. The molecule has 0 bridgehead atoms. The number of aromatic nitrogens is 4. The first-order valence-electron chi connectivity index (χ1n) is 4.82. The number of benzene rings is 1. The third kappa shape index (κ3) is 1.61. The number of anilines is 1. The van der Waals surface area contributed by atoms with Gasteiger partial charge in [-0.25, -0.2) is 4.68 Å². The molecule has 3 rings (SSSR count). The fraction of sp³-hybridized carbons (Fsp3) is 0.100. The molecule has 2 heterocycles. The van der Waals surface area contributed by atoms with E-state index in [-0.39, 0.29) is 0 Å². The molecule has 0 atom stereocenters. The SMILES string of the molecule is Brc1ccc(C2=CCn3nnnc3N2)cc1. The van der Waals surface area contributed by atoms with Crippen LogP contribution in [0.5, 0.6) is 0 Å². The zero-order chi connectivity index (χ0) is 11.0. The molecule has 1 aromatic carbocycles. The van der Waals surface area contributed by atoms with Crippen molar-refractivity contribution in [3.8, 4) is 0 Å². The zero-order valence-electron chi connectivity index (χ0n) is 8.26. The van der Waals surface area contributed by atoms with Crippen molar-refractivity contribution in [2.75, 3.05) is 5.32 Å². The second kappa shape index (κ2) is 3.71. The molecule has 1 aromatic heterocycles. The summed E-state index contributed by atoms with van der Waals surface area (Å²) in [6.45, 7) is 0.695. The molecule has 1 aliphatic heterocycles. The van der Waals surface area contributed by atoms with Gasteiger partial charge in [0.1, 0.15) is 0 Å². The number of nitrogens with zero attached hydrogens (tertiary/aromatic N) is 4. The fourth-order valence-electron chi connectivity index (χ4n) is 1.59. The Balaban J connectivity index is 1.92. The lowest BCUT2D eigenvalue weighted by molar-refractivity contribution is 0.661. The summed E-state index contributed by atoms with van der Waals surface area (Å²) in [5, 5.41) is 14.5. The monoisotopic (exact) mass is 277 g/mol. The van der Waals surface area contributed by atoms with Crippen molar-refractivity contribution in [1.82, 2.24) is 20.2 Å². The Labute approximate surface area is 100 Å². The van der Waals surface area contributed by atoms with Crippen LogP contribution < -0.4 is 5.32 Å². The van der Waals surface area contributed by atoms with Crippen molar-refractivity contribution >= 4 is 27.6 Å². The van der Waals surface area contributed by atoms with E-state index in [1.54, 1.807) is 4.68 Å². The van der Waals surface area contributed by atoms with Crippen molar-refractivity contribution in [3.05, 3.63) is 40.4 Å². The number of nitrogens with one attached hydrogen (secondary N) is 1. The van der Waals surface area contributed by atoms with E-state index >= 15 is 0 Å². The van der Waals surface area contributed by atoms with Gasteiger partial charge in [-0.2, -0.15) is 0 Å². The van der Waals surface area contributed by atoms with E-state index in [0.717, 1.165) is 15.7 Å². The topological polar surface area (TPSA) is 55.6 Å². The molecule has 0 fully saturated rings. The molecule has 2 aromatic rings. The van der Waals surface area contributed by atoms with Crippen molar-refractivity contribution in [2.45, 2.75) is 6.54 Å². The molecule has 5 nitrogen and oxygen atoms in total. The predicted molar refractivity (Wildman–Crippen MR) is 63.6 cm³/mol. The van der Waals surface area contributed by atoms with Gasteiger partial charge in [-0.05, 0) is 34.2 Å². The highest BCUT2D eigenvalue weighted by atomic mass is 79.9. The van der Waals surface area contributed by atoms with Gasteiger partial charge in [0, 0.05) is 10.2 Å². The number of fused-ring (bicyclic) bond motifs is 1. The smallest absolute Gasteiger partial charge is 0.247 e. The molecule has 0 amide bonds. The van der Waals surface area contributed by atoms with Crippen LogP contribution in [0.2, 0.25) is 0 Å². The summed E-state index contributed by atoms with van der Waals surface area (Å²) in [6, 6.07) is 8.11. The zero-order valence-corrected chi connectivity index (χ0v) is 9.85. The van der Waals surface area contributed by atoms with Crippen LogP contribution in [0.25, 0.3) is 5.70 Å². The van der Waals surface area contributed by atoms with Gasteiger partial charge < -0.3 is 5.32 Å². The Morgan fingerprint density at radius 1 is 1.25 bits per heavy atom. The lowest BCUT2D eigenvalue weighted by atomic mass is 10.1. The number of hydrogen-bond donors (Lipinski definition) is 1. The normalized spacial score (nSPS) is 13.9. The van der Waals surface area contributed by atoms with Gasteiger partial charge in [0.25, 0.3) is 0 Å². The summed E-state index contributed by atoms with van der Waals surface area (Å²) >= 11 is 3.41. The summed E-state index contributed by atoms with van der Waals surface area (Å²) in [5.41, 5.74) is 2.16. The Hall–Kier alpha value is -1.69. The molecule has 0 radical (unpaired) electrons. The minimum absolute atomic E-state index is 0.681. The summed E-state index contributed by atoms with van der Waals surface area (Å²) in [4.78, 5) is 0. The van der Waals surface area contributed by atoms with Gasteiger partial charge in [0.2, 0.25) is 5.95 Å². The van der Waals surface area contributed by atoms with Gasteiger partial charge >= 0.3 is 0 Å². The van der Waals surface area contributed by atoms with E-state index < -0.39 is 0 Å². The van der Waals surface area contributed by atoms with Crippen molar-refractivity contribution in [1.29, 1.82) is 0 Å². The summed E-state index contributed by atoms with van der Waals surface area (Å²) in [6.07, 6.45) is 2.06.